The van der Waals surface area contributed by atoms with Crippen molar-refractivity contribution in [1.82, 2.24) is 0 Å². The number of hydrogen-bond donors (Lipinski definition) is 0. The fourth-order valence-corrected chi connectivity index (χ4v) is 14.7. The van der Waals surface area contributed by atoms with Crippen LogP contribution >= 0.6 is 23.8 Å². The van der Waals surface area contributed by atoms with E-state index in [2.05, 4.69) is 273 Å². The topological polar surface area (TPSA) is 0 Å². The van der Waals surface area contributed by atoms with Gasteiger partial charge in [-0.2, -0.15) is 0 Å². The zero-order valence-electron chi connectivity index (χ0n) is 34.2. The summed E-state index contributed by atoms with van der Waals surface area (Å²) < 4.78 is 0. The Kier molecular flexibility index (Phi) is 29.2. The maximum Gasteiger partial charge on any atom is 2.00 e. The first-order valence-electron chi connectivity index (χ1n) is 19.4. The second-order valence-electron chi connectivity index (χ2n) is 13.4. The molecule has 0 atom stereocenters. The molecule has 9 aromatic rings. The predicted octanol–water partition coefficient (Wildman–Crippen LogP) is -5.45. The van der Waals surface area contributed by atoms with E-state index in [0.29, 0.717) is 0 Å². The Morgan fingerprint density at radius 3 is 0.302 bits per heavy atom. The molecule has 0 aliphatic heterocycles. The molecule has 0 saturated heterocycles. The van der Waals surface area contributed by atoms with Crippen molar-refractivity contribution in [3.63, 3.8) is 0 Å². The average Bonchev–Trinajstić information content (AvgIpc) is 3.30. The van der Waals surface area contributed by atoms with Gasteiger partial charge in [0.05, 0.1) is 23.8 Å². The molecule has 0 nitrogen and oxygen atoms in total. The van der Waals surface area contributed by atoms with Crippen molar-refractivity contribution in [2.75, 3.05) is 0 Å². The first kappa shape index (κ1) is 57.4. The molecule has 9 aromatic carbocycles. The van der Waals surface area contributed by atoms with E-state index in [0.717, 1.165) is 0 Å². The molecule has 324 valence electrons. The molecule has 0 spiro atoms. The number of benzene rings is 9. The summed E-state index contributed by atoms with van der Waals surface area (Å²) in [6.45, 7) is 0. The van der Waals surface area contributed by atoms with Crippen molar-refractivity contribution in [2.45, 2.75) is 0 Å². The standard InChI is InChI=1S/3C18H15P.5ClH.Pd/c3*1-4-10-16(11-5-1)19(17-12-6-2-7-13-17)18-14-8-3-9-15-18;;;;;;/h3*1-15H;5*1H;/q;;;;;;;;+2/p-2. The molecule has 0 amide bonds. The molecule has 0 aliphatic carbocycles. The summed E-state index contributed by atoms with van der Waals surface area (Å²) in [4.78, 5) is 0. The normalized spacial score (nSPS) is 9.57. The molecule has 0 unspecified atom stereocenters. The maximum atomic E-state index is 2.24. The molecule has 0 fully saturated rings. The van der Waals surface area contributed by atoms with Crippen LogP contribution in [0.5, 0.6) is 0 Å². The van der Waals surface area contributed by atoms with Crippen molar-refractivity contribution in [1.29, 1.82) is 0 Å². The summed E-state index contributed by atoms with van der Waals surface area (Å²) in [6.07, 6.45) is 0. The maximum absolute atomic E-state index is 2.24. The van der Waals surface area contributed by atoms with E-state index in [-0.39, 0.29) is 82.5 Å². The minimum atomic E-state index is -0.877. The van der Waals surface area contributed by atoms with Crippen LogP contribution in [0.1, 0.15) is 0 Å². The molecule has 0 saturated carbocycles. The van der Waals surface area contributed by atoms with Gasteiger partial charge in [0.15, 0.2) is 0 Å². The monoisotopic (exact) mass is 1070 g/mol. The third-order valence-electron chi connectivity index (χ3n) is 9.56. The van der Waals surface area contributed by atoms with Gasteiger partial charge in [0.25, 0.3) is 0 Å². The van der Waals surface area contributed by atoms with E-state index in [1.807, 2.05) is 0 Å². The summed E-state index contributed by atoms with van der Waals surface area (Å²) in [6, 6.07) is 97.5. The van der Waals surface area contributed by atoms with E-state index in [1.165, 1.54) is 47.7 Å². The van der Waals surface area contributed by atoms with Crippen LogP contribution in [0, 0.1) is 0 Å². The molecule has 9 heteroatoms. The van der Waals surface area contributed by atoms with Crippen LogP contribution in [0.25, 0.3) is 0 Å². The molecule has 0 aromatic heterocycles. The average molecular weight is 1070 g/mol. The fourth-order valence-electron chi connectivity index (χ4n) is 6.94. The van der Waals surface area contributed by atoms with Gasteiger partial charge < -0.3 is 62.0 Å². The molecule has 0 aliphatic rings. The minimum Gasteiger partial charge on any atom is -1.00 e. The Morgan fingerprint density at radius 1 is 0.143 bits per heavy atom. The van der Waals surface area contributed by atoms with Gasteiger partial charge in [0, 0.05) is 0 Å². The number of halogens is 5. The quantitative estimate of drug-likeness (QED) is 0.100. The minimum absolute atomic E-state index is 0. The molecule has 0 radical (unpaired) electrons. The van der Waals surface area contributed by atoms with Gasteiger partial charge in [-0.1, -0.05) is 164 Å². The zero-order valence-corrected chi connectivity index (χ0v) is 42.5. The Bertz CT molecular complexity index is 1890. The summed E-state index contributed by atoms with van der Waals surface area (Å²) >= 11 is 0. The second kappa shape index (κ2) is 32.1. The Hall–Kier alpha value is -3.62. The summed E-state index contributed by atoms with van der Waals surface area (Å²) in [5.74, 6) is 0. The van der Waals surface area contributed by atoms with Gasteiger partial charge in [-0.25, -0.2) is 0 Å². The predicted molar refractivity (Wildman–Crippen MR) is 260 cm³/mol. The second-order valence-corrected chi connectivity index (χ2v) is 20.9. The molecule has 0 heterocycles. The molecule has 9 rings (SSSR count). The van der Waals surface area contributed by atoms with E-state index < -0.39 is 23.8 Å². The third-order valence-corrected chi connectivity index (χ3v) is 17.8. The number of rotatable bonds is 9. The summed E-state index contributed by atoms with van der Waals surface area (Å²) in [5.41, 5.74) is 0. The van der Waals surface area contributed by atoms with Crippen LogP contribution in [-0.2, 0) is 20.4 Å². The molecule has 63 heavy (non-hydrogen) atoms. The van der Waals surface area contributed by atoms with Gasteiger partial charge in [0.2, 0.25) is 0 Å². The molecule has 0 bridgehead atoms. The van der Waals surface area contributed by atoms with Gasteiger partial charge >= 0.3 is 20.4 Å². The smallest absolute Gasteiger partial charge is 1.00 e. The van der Waals surface area contributed by atoms with Crippen molar-refractivity contribution < 1.29 is 82.5 Å². The van der Waals surface area contributed by atoms with E-state index in [9.17, 15) is 0 Å². The van der Waals surface area contributed by atoms with Gasteiger partial charge in [-0.05, 0) is 109 Å². The van der Waals surface area contributed by atoms with Crippen LogP contribution < -0.4 is 110 Å². The van der Waals surface area contributed by atoms with Gasteiger partial charge in [-0.15, -0.1) is 0 Å². The Balaban J connectivity index is 0.000000451. The first-order valence-corrected chi connectivity index (χ1v) is 23.9. The van der Waals surface area contributed by atoms with Crippen LogP contribution in [-0.4, -0.2) is 0 Å². The van der Waals surface area contributed by atoms with Crippen LogP contribution in [0.15, 0.2) is 273 Å². The van der Waals surface area contributed by atoms with Crippen molar-refractivity contribution in [3.05, 3.63) is 273 Å². The third kappa shape index (κ3) is 17.0. The van der Waals surface area contributed by atoms with Crippen LogP contribution in [0.4, 0.5) is 0 Å². The van der Waals surface area contributed by atoms with Crippen LogP contribution in [0.3, 0.4) is 0 Å². The molecular formula is C54H48Cl5P3Pd. The largest absolute Gasteiger partial charge is 2.00 e. The summed E-state index contributed by atoms with van der Waals surface area (Å²) in [5, 5.41) is 12.9. The molecule has 0 N–H and O–H groups in total. The Labute approximate surface area is 423 Å². The van der Waals surface area contributed by atoms with E-state index >= 15 is 0 Å². The first-order chi connectivity index (χ1) is 28.3. The molecular weight excluding hydrogens is 1030 g/mol. The van der Waals surface area contributed by atoms with E-state index in [4.69, 9.17) is 0 Å². The van der Waals surface area contributed by atoms with E-state index in [1.54, 1.807) is 0 Å². The van der Waals surface area contributed by atoms with Crippen molar-refractivity contribution >= 4 is 71.5 Å². The van der Waals surface area contributed by atoms with Crippen molar-refractivity contribution in [3.8, 4) is 0 Å². The summed E-state index contributed by atoms with van der Waals surface area (Å²) in [7, 11) is -2.63. The van der Waals surface area contributed by atoms with Gasteiger partial charge in [-0.3, -0.25) is 0 Å². The van der Waals surface area contributed by atoms with Gasteiger partial charge in [0.1, 0.15) is 47.7 Å². The fraction of sp³-hybridized carbons (Fsp3) is 0. The van der Waals surface area contributed by atoms with Crippen LogP contribution in [0.2, 0.25) is 0 Å². The SMILES string of the molecule is [Cl-].[Cl-].[Cl-].[Cl-].[Cl-].[Pd+2].c1ccc([PH+](c2ccccc2)c2ccccc2)cc1.c1ccc([PH+](c2ccccc2)c2ccccc2)cc1.c1ccc([PH+](c2ccccc2)c2ccccc2)cc1. The number of hydrogen-bond acceptors (Lipinski definition) is 0. The zero-order chi connectivity index (χ0) is 38.7. The Morgan fingerprint density at radius 2 is 0.222 bits per heavy atom. The van der Waals surface area contributed by atoms with Crippen molar-refractivity contribution in [2.24, 2.45) is 0 Å².